The lowest BCUT2D eigenvalue weighted by Crippen LogP contribution is -2.02. The van der Waals surface area contributed by atoms with Crippen LogP contribution in [0, 0.1) is 13.8 Å². The molecule has 2 nitrogen and oxygen atoms in total. The Labute approximate surface area is 147 Å². The Bertz CT molecular complexity index is 1130. The molecule has 0 bridgehead atoms. The lowest BCUT2D eigenvalue weighted by Gasteiger charge is -2.08. The van der Waals surface area contributed by atoms with E-state index in [4.69, 9.17) is 0 Å². The molecule has 4 rings (SSSR count). The average Bonchev–Trinajstić information content (AvgIpc) is 2.60. The predicted octanol–water partition coefficient (Wildman–Crippen LogP) is 5.44. The van der Waals surface area contributed by atoms with E-state index < -0.39 is 9.84 Å². The summed E-state index contributed by atoms with van der Waals surface area (Å²) < 4.78 is 26.2. The molecule has 0 spiro atoms. The van der Waals surface area contributed by atoms with Gasteiger partial charge in [-0.2, -0.15) is 0 Å². The summed E-state index contributed by atoms with van der Waals surface area (Å²) in [6.07, 6.45) is 0. The molecule has 0 heterocycles. The third-order valence-electron chi connectivity index (χ3n) is 4.56. The number of rotatable bonds is 2. The van der Waals surface area contributed by atoms with Gasteiger partial charge in [0.25, 0.3) is 0 Å². The Kier molecular flexibility index (Phi) is 3.62. The molecule has 0 aliphatic carbocycles. The van der Waals surface area contributed by atoms with Crippen molar-refractivity contribution in [2.45, 2.75) is 23.6 Å². The second-order valence-electron chi connectivity index (χ2n) is 6.53. The summed E-state index contributed by atoms with van der Waals surface area (Å²) in [6, 6.07) is 22.7. The molecule has 0 saturated carbocycles. The zero-order chi connectivity index (χ0) is 17.6. The van der Waals surface area contributed by atoms with E-state index in [-0.39, 0.29) is 0 Å². The molecule has 0 unspecified atom stereocenters. The van der Waals surface area contributed by atoms with E-state index in [9.17, 15) is 8.42 Å². The molecule has 25 heavy (non-hydrogen) atoms. The van der Waals surface area contributed by atoms with Gasteiger partial charge in [-0.1, -0.05) is 59.7 Å². The number of hydrogen-bond donors (Lipinski definition) is 0. The Morgan fingerprint density at radius 1 is 0.520 bits per heavy atom. The Morgan fingerprint density at radius 3 is 1.36 bits per heavy atom. The van der Waals surface area contributed by atoms with Gasteiger partial charge < -0.3 is 0 Å². The molecule has 0 saturated heterocycles. The molecule has 0 radical (unpaired) electrons. The van der Waals surface area contributed by atoms with Gasteiger partial charge in [-0.15, -0.1) is 0 Å². The van der Waals surface area contributed by atoms with Crippen LogP contribution >= 0.6 is 0 Å². The highest BCUT2D eigenvalue weighted by molar-refractivity contribution is 7.91. The minimum atomic E-state index is -3.55. The SMILES string of the molecule is Cc1ccc2ccc(S(=O)(=O)c3ccc4ccc(C)cc4c3)cc2c1. The summed E-state index contributed by atoms with van der Waals surface area (Å²) in [6.45, 7) is 4.01. The van der Waals surface area contributed by atoms with Crippen LogP contribution in [0.3, 0.4) is 0 Å². The van der Waals surface area contributed by atoms with Gasteiger partial charge in [-0.3, -0.25) is 0 Å². The monoisotopic (exact) mass is 346 g/mol. The van der Waals surface area contributed by atoms with Crippen LogP contribution in [0.4, 0.5) is 0 Å². The minimum Gasteiger partial charge on any atom is -0.219 e. The molecule has 0 N–H and O–H groups in total. The zero-order valence-corrected chi connectivity index (χ0v) is 15.0. The second-order valence-corrected chi connectivity index (χ2v) is 8.48. The van der Waals surface area contributed by atoms with Gasteiger partial charge in [0.05, 0.1) is 9.79 Å². The largest absolute Gasteiger partial charge is 0.219 e. The molecule has 4 aromatic rings. The fraction of sp³-hybridized carbons (Fsp3) is 0.0909. The second kappa shape index (κ2) is 5.71. The summed E-state index contributed by atoms with van der Waals surface area (Å²) in [4.78, 5) is 0.662. The molecule has 3 heteroatoms. The molecule has 0 amide bonds. The van der Waals surface area contributed by atoms with Crippen LogP contribution in [0.1, 0.15) is 11.1 Å². The number of fused-ring (bicyclic) bond motifs is 2. The molecular formula is C22H18O2S. The van der Waals surface area contributed by atoms with Gasteiger partial charge in [0, 0.05) is 0 Å². The van der Waals surface area contributed by atoms with Crippen LogP contribution in [-0.2, 0) is 9.84 Å². The smallest absolute Gasteiger partial charge is 0.206 e. The molecule has 0 atom stereocenters. The third kappa shape index (κ3) is 2.81. The molecule has 0 aliphatic heterocycles. The predicted molar refractivity (Wildman–Crippen MR) is 103 cm³/mol. The van der Waals surface area contributed by atoms with Gasteiger partial charge >= 0.3 is 0 Å². The first-order valence-electron chi connectivity index (χ1n) is 8.19. The van der Waals surface area contributed by atoms with Gasteiger partial charge in [0.15, 0.2) is 0 Å². The molecule has 124 valence electrons. The molecule has 0 aromatic heterocycles. The maximum Gasteiger partial charge on any atom is 0.206 e. The van der Waals surface area contributed by atoms with Crippen molar-refractivity contribution in [2.75, 3.05) is 0 Å². The van der Waals surface area contributed by atoms with Crippen molar-refractivity contribution in [3.8, 4) is 0 Å². The van der Waals surface area contributed by atoms with Crippen molar-refractivity contribution in [2.24, 2.45) is 0 Å². The van der Waals surface area contributed by atoms with Gasteiger partial charge in [-0.25, -0.2) is 8.42 Å². The van der Waals surface area contributed by atoms with Crippen molar-refractivity contribution >= 4 is 31.4 Å². The first-order valence-corrected chi connectivity index (χ1v) is 9.68. The first-order chi connectivity index (χ1) is 11.9. The Balaban J connectivity index is 1.89. The van der Waals surface area contributed by atoms with E-state index in [2.05, 4.69) is 0 Å². The van der Waals surface area contributed by atoms with Crippen molar-refractivity contribution in [1.29, 1.82) is 0 Å². The quantitative estimate of drug-likeness (QED) is 0.484. The maximum atomic E-state index is 13.1. The van der Waals surface area contributed by atoms with Crippen molar-refractivity contribution in [3.63, 3.8) is 0 Å². The lowest BCUT2D eigenvalue weighted by molar-refractivity contribution is 0.596. The fourth-order valence-electron chi connectivity index (χ4n) is 3.16. The van der Waals surface area contributed by atoms with Crippen molar-refractivity contribution < 1.29 is 8.42 Å². The van der Waals surface area contributed by atoms with E-state index in [1.54, 1.807) is 24.3 Å². The van der Waals surface area contributed by atoms with E-state index in [0.29, 0.717) is 9.79 Å². The van der Waals surface area contributed by atoms with Crippen LogP contribution in [0.15, 0.2) is 82.6 Å². The van der Waals surface area contributed by atoms with Crippen molar-refractivity contribution in [1.82, 2.24) is 0 Å². The summed E-state index contributed by atoms with van der Waals surface area (Å²) in [5, 5.41) is 3.97. The molecule has 4 aromatic carbocycles. The molecular weight excluding hydrogens is 328 g/mol. The van der Waals surface area contributed by atoms with Crippen LogP contribution in [0.25, 0.3) is 21.5 Å². The highest BCUT2D eigenvalue weighted by atomic mass is 32.2. The highest BCUT2D eigenvalue weighted by Gasteiger charge is 2.18. The van der Waals surface area contributed by atoms with Crippen molar-refractivity contribution in [3.05, 3.63) is 83.9 Å². The molecule has 0 aliphatic rings. The summed E-state index contributed by atoms with van der Waals surface area (Å²) in [7, 11) is -3.55. The van der Waals surface area contributed by atoms with E-state index >= 15 is 0 Å². The fourth-order valence-corrected chi connectivity index (χ4v) is 4.49. The Hall–Kier alpha value is -2.65. The van der Waals surface area contributed by atoms with Gasteiger partial charge in [0.1, 0.15) is 0 Å². The highest BCUT2D eigenvalue weighted by Crippen LogP contribution is 2.28. The van der Waals surface area contributed by atoms with E-state index in [0.717, 1.165) is 32.7 Å². The first kappa shape index (κ1) is 15.9. The third-order valence-corrected chi connectivity index (χ3v) is 6.30. The van der Waals surface area contributed by atoms with E-state index in [1.165, 1.54) is 0 Å². The Morgan fingerprint density at radius 2 is 0.920 bits per heavy atom. The number of aryl methyl sites for hydroxylation is 2. The van der Waals surface area contributed by atoms with Crippen LogP contribution < -0.4 is 0 Å². The minimum absolute atomic E-state index is 0.331. The number of benzene rings is 4. The van der Waals surface area contributed by atoms with Crippen LogP contribution in [0.2, 0.25) is 0 Å². The standard InChI is InChI=1S/C22H18O2S/c1-15-3-5-17-7-9-21(13-19(17)11-15)25(23,24)22-10-8-18-6-4-16(2)12-20(18)14-22/h3-14H,1-2H3. The van der Waals surface area contributed by atoms with E-state index in [1.807, 2.05) is 62.4 Å². The van der Waals surface area contributed by atoms with Gasteiger partial charge in [-0.05, 0) is 59.7 Å². The lowest BCUT2D eigenvalue weighted by atomic mass is 10.1. The van der Waals surface area contributed by atoms with Crippen LogP contribution in [-0.4, -0.2) is 8.42 Å². The number of sulfone groups is 1. The summed E-state index contributed by atoms with van der Waals surface area (Å²) in [5.74, 6) is 0. The molecule has 0 fully saturated rings. The van der Waals surface area contributed by atoms with Gasteiger partial charge in [0.2, 0.25) is 9.84 Å². The average molecular weight is 346 g/mol. The number of hydrogen-bond acceptors (Lipinski definition) is 2. The maximum absolute atomic E-state index is 13.1. The normalized spacial score (nSPS) is 11.9. The summed E-state index contributed by atoms with van der Waals surface area (Å²) in [5.41, 5.74) is 2.23. The topological polar surface area (TPSA) is 34.1 Å². The zero-order valence-electron chi connectivity index (χ0n) is 14.2. The van der Waals surface area contributed by atoms with Crippen LogP contribution in [0.5, 0.6) is 0 Å². The summed E-state index contributed by atoms with van der Waals surface area (Å²) >= 11 is 0.